The van der Waals surface area contributed by atoms with E-state index in [2.05, 4.69) is 17.4 Å². The molecule has 1 aliphatic rings. The molecule has 2 aromatic carbocycles. The van der Waals surface area contributed by atoms with Crippen molar-refractivity contribution in [1.82, 2.24) is 5.32 Å². The third-order valence-electron chi connectivity index (χ3n) is 5.26. The van der Waals surface area contributed by atoms with Gasteiger partial charge in [0.25, 0.3) is 0 Å². The first kappa shape index (κ1) is 17.5. The maximum atomic E-state index is 13.0. The number of hydrogen-bond acceptors (Lipinski definition) is 3. The van der Waals surface area contributed by atoms with Crippen LogP contribution in [0.15, 0.2) is 48.5 Å². The highest BCUT2D eigenvalue weighted by molar-refractivity contribution is 5.88. The van der Waals surface area contributed by atoms with E-state index in [0.29, 0.717) is 6.54 Å². The van der Waals surface area contributed by atoms with E-state index >= 15 is 0 Å². The minimum Gasteiger partial charge on any atom is -0.496 e. The smallest absolute Gasteiger partial charge is 0.230 e. The lowest BCUT2D eigenvalue weighted by Gasteiger charge is -2.35. The van der Waals surface area contributed by atoms with Gasteiger partial charge in [-0.2, -0.15) is 0 Å². The number of nitrogens with one attached hydrogen (secondary N) is 1. The zero-order chi connectivity index (χ0) is 17.9. The van der Waals surface area contributed by atoms with Crippen LogP contribution in [-0.4, -0.2) is 19.6 Å². The molecule has 2 atom stereocenters. The first-order chi connectivity index (χ1) is 12.1. The van der Waals surface area contributed by atoms with Crippen LogP contribution in [0.25, 0.3) is 0 Å². The summed E-state index contributed by atoms with van der Waals surface area (Å²) in [5.74, 6) is 0.795. The molecule has 0 saturated heterocycles. The summed E-state index contributed by atoms with van der Waals surface area (Å²) in [7, 11) is 1.63. The summed E-state index contributed by atoms with van der Waals surface area (Å²) < 4.78 is 5.36. The molecular weight excluding hydrogens is 312 g/mol. The van der Waals surface area contributed by atoms with E-state index < -0.39 is 5.41 Å². The molecule has 0 aliphatic heterocycles. The number of amides is 1. The van der Waals surface area contributed by atoms with Gasteiger partial charge in [0.1, 0.15) is 5.75 Å². The highest BCUT2D eigenvalue weighted by Gasteiger charge is 2.38. The fourth-order valence-corrected chi connectivity index (χ4v) is 3.76. The number of ether oxygens (including phenoxy) is 1. The van der Waals surface area contributed by atoms with Crippen molar-refractivity contribution in [3.05, 3.63) is 65.2 Å². The third-order valence-corrected chi connectivity index (χ3v) is 5.26. The lowest BCUT2D eigenvalue weighted by Crippen LogP contribution is -2.46. The van der Waals surface area contributed by atoms with Gasteiger partial charge < -0.3 is 15.8 Å². The molecule has 2 aromatic rings. The van der Waals surface area contributed by atoms with Crippen molar-refractivity contribution < 1.29 is 9.53 Å². The minimum absolute atomic E-state index is 0.0463. The average Bonchev–Trinajstić information content (AvgIpc) is 2.66. The molecule has 1 amide bonds. The summed E-state index contributed by atoms with van der Waals surface area (Å²) in [6, 6.07) is 15.6. The second-order valence-corrected chi connectivity index (χ2v) is 6.90. The van der Waals surface area contributed by atoms with Gasteiger partial charge in [0.15, 0.2) is 0 Å². The molecule has 4 nitrogen and oxygen atoms in total. The summed E-state index contributed by atoms with van der Waals surface area (Å²) in [4.78, 5) is 13.0. The normalized spacial score (nSPS) is 20.4. The predicted octanol–water partition coefficient (Wildman–Crippen LogP) is 3.11. The van der Waals surface area contributed by atoms with Crippen LogP contribution >= 0.6 is 0 Å². The van der Waals surface area contributed by atoms with Gasteiger partial charge in [-0.3, -0.25) is 4.79 Å². The number of carbonyl (C=O) groups is 1. The molecule has 1 aliphatic carbocycles. The largest absolute Gasteiger partial charge is 0.496 e. The predicted molar refractivity (Wildman–Crippen MR) is 99.7 cm³/mol. The van der Waals surface area contributed by atoms with Gasteiger partial charge in [-0.05, 0) is 43.4 Å². The number of hydrogen-bond donors (Lipinski definition) is 2. The molecule has 0 saturated carbocycles. The number of nitrogens with two attached hydrogens (primary N) is 1. The monoisotopic (exact) mass is 338 g/mol. The van der Waals surface area contributed by atoms with E-state index in [-0.39, 0.29) is 11.9 Å². The third kappa shape index (κ3) is 3.40. The van der Waals surface area contributed by atoms with Crippen molar-refractivity contribution >= 4 is 5.91 Å². The Morgan fingerprint density at radius 2 is 1.96 bits per heavy atom. The summed E-state index contributed by atoms with van der Waals surface area (Å²) in [5, 5.41) is 3.06. The van der Waals surface area contributed by atoms with Crippen LogP contribution in [0.5, 0.6) is 5.75 Å². The van der Waals surface area contributed by atoms with Crippen molar-refractivity contribution in [1.29, 1.82) is 0 Å². The van der Waals surface area contributed by atoms with Crippen LogP contribution in [0.3, 0.4) is 0 Å². The topological polar surface area (TPSA) is 64.3 Å². The molecule has 132 valence electrons. The Morgan fingerprint density at radius 3 is 2.76 bits per heavy atom. The van der Waals surface area contributed by atoms with Crippen LogP contribution < -0.4 is 15.8 Å². The van der Waals surface area contributed by atoms with E-state index in [9.17, 15) is 4.79 Å². The Kier molecular flexibility index (Phi) is 5.09. The average molecular weight is 338 g/mol. The maximum Gasteiger partial charge on any atom is 0.230 e. The molecule has 2 unspecified atom stereocenters. The van der Waals surface area contributed by atoms with Crippen molar-refractivity contribution in [2.45, 2.75) is 37.6 Å². The van der Waals surface area contributed by atoms with Gasteiger partial charge in [0.05, 0.1) is 18.6 Å². The SMILES string of the molecule is COc1ccccc1C(N)CNC(=O)C1(C)CCCc2ccccc21. The van der Waals surface area contributed by atoms with E-state index in [1.54, 1.807) is 7.11 Å². The lowest BCUT2D eigenvalue weighted by atomic mass is 9.70. The van der Waals surface area contributed by atoms with Gasteiger partial charge in [-0.15, -0.1) is 0 Å². The van der Waals surface area contributed by atoms with Crippen LogP contribution in [0, 0.1) is 0 Å². The number of rotatable bonds is 5. The van der Waals surface area contributed by atoms with Gasteiger partial charge >= 0.3 is 0 Å². The van der Waals surface area contributed by atoms with Gasteiger partial charge in [-0.25, -0.2) is 0 Å². The van der Waals surface area contributed by atoms with Gasteiger partial charge in [0.2, 0.25) is 5.91 Å². The van der Waals surface area contributed by atoms with E-state index in [1.165, 1.54) is 5.56 Å². The summed E-state index contributed by atoms with van der Waals surface area (Å²) in [6.45, 7) is 2.42. The van der Waals surface area contributed by atoms with E-state index in [4.69, 9.17) is 10.5 Å². The zero-order valence-corrected chi connectivity index (χ0v) is 14.9. The molecule has 0 heterocycles. The number of methoxy groups -OCH3 is 1. The molecule has 25 heavy (non-hydrogen) atoms. The van der Waals surface area contributed by atoms with E-state index in [1.807, 2.05) is 43.3 Å². The number of para-hydroxylation sites is 1. The standard InChI is InChI=1S/C21H26N2O2/c1-21(13-7-9-15-8-3-5-11-17(15)21)20(24)23-14-18(22)16-10-4-6-12-19(16)25-2/h3-6,8,10-12,18H,7,9,13-14,22H2,1-2H3,(H,23,24). The van der Waals surface area contributed by atoms with Crippen LogP contribution in [0.4, 0.5) is 0 Å². The van der Waals surface area contributed by atoms with Crippen LogP contribution in [-0.2, 0) is 16.6 Å². The molecule has 0 fully saturated rings. The molecule has 0 radical (unpaired) electrons. The number of fused-ring (bicyclic) bond motifs is 1. The van der Waals surface area contributed by atoms with Crippen LogP contribution in [0.1, 0.15) is 42.5 Å². The van der Waals surface area contributed by atoms with Gasteiger partial charge in [-0.1, -0.05) is 42.5 Å². The second kappa shape index (κ2) is 7.28. The van der Waals surface area contributed by atoms with Gasteiger partial charge in [0, 0.05) is 12.1 Å². The molecule has 4 heteroatoms. The summed E-state index contributed by atoms with van der Waals surface area (Å²) >= 11 is 0. The highest BCUT2D eigenvalue weighted by atomic mass is 16.5. The molecule has 0 aromatic heterocycles. The quantitative estimate of drug-likeness (QED) is 0.880. The Hall–Kier alpha value is -2.33. The van der Waals surface area contributed by atoms with Crippen molar-refractivity contribution in [2.75, 3.05) is 13.7 Å². The number of carbonyl (C=O) groups excluding carboxylic acids is 1. The van der Waals surface area contributed by atoms with E-state index in [0.717, 1.165) is 36.1 Å². The van der Waals surface area contributed by atoms with Crippen LogP contribution in [0.2, 0.25) is 0 Å². The van der Waals surface area contributed by atoms with Crippen molar-refractivity contribution in [2.24, 2.45) is 5.73 Å². The number of aryl methyl sites for hydroxylation is 1. The first-order valence-corrected chi connectivity index (χ1v) is 8.81. The molecule has 0 bridgehead atoms. The fourth-order valence-electron chi connectivity index (χ4n) is 3.76. The fraction of sp³-hybridized carbons (Fsp3) is 0.381. The molecular formula is C21H26N2O2. The molecule has 3 N–H and O–H groups in total. The Balaban J connectivity index is 1.73. The first-order valence-electron chi connectivity index (χ1n) is 8.81. The van der Waals surface area contributed by atoms with Crippen molar-refractivity contribution in [3.63, 3.8) is 0 Å². The highest BCUT2D eigenvalue weighted by Crippen LogP contribution is 2.37. The maximum absolute atomic E-state index is 13.0. The second-order valence-electron chi connectivity index (χ2n) is 6.90. The summed E-state index contributed by atoms with van der Waals surface area (Å²) in [6.07, 6.45) is 2.93. The Bertz CT molecular complexity index is 759. The zero-order valence-electron chi connectivity index (χ0n) is 14.9. The lowest BCUT2D eigenvalue weighted by molar-refractivity contribution is -0.126. The Morgan fingerprint density at radius 1 is 1.24 bits per heavy atom. The molecule has 0 spiro atoms. The molecule has 3 rings (SSSR count). The summed E-state index contributed by atoms with van der Waals surface area (Å²) in [5.41, 5.74) is 9.13. The Labute approximate surface area is 149 Å². The minimum atomic E-state index is -0.491. The number of benzene rings is 2. The van der Waals surface area contributed by atoms with Crippen molar-refractivity contribution in [3.8, 4) is 5.75 Å².